The Morgan fingerprint density at radius 3 is 2.60 bits per heavy atom. The summed E-state index contributed by atoms with van der Waals surface area (Å²) in [6.07, 6.45) is 0. The molecule has 2 aromatic rings. The fraction of sp³-hybridized carbons (Fsp3) is 0.188. The van der Waals surface area contributed by atoms with E-state index < -0.39 is 0 Å². The Balaban J connectivity index is 1.97. The number of aryl methyl sites for hydroxylation is 1. The summed E-state index contributed by atoms with van der Waals surface area (Å²) in [5.41, 5.74) is 8.15. The third kappa shape index (κ3) is 3.36. The molecule has 0 aromatic heterocycles. The Bertz CT molecular complexity index is 597. The van der Waals surface area contributed by atoms with Crippen molar-refractivity contribution in [1.29, 1.82) is 0 Å². The molecule has 2 rings (SSSR count). The molecule has 0 fully saturated rings. The largest absolute Gasteiger partial charge is 0.508 e. The smallest absolute Gasteiger partial charge is 0.251 e. The number of carbonyl (C=O) groups excluding carboxylic acids is 1. The SMILES string of the molecule is Cc1ccc(C(=O)NCC(N)c2ccccc2)cc1O. The Hall–Kier alpha value is -2.33. The first-order valence-electron chi connectivity index (χ1n) is 6.46. The highest BCUT2D eigenvalue weighted by Crippen LogP contribution is 2.17. The lowest BCUT2D eigenvalue weighted by atomic mass is 10.1. The molecular weight excluding hydrogens is 252 g/mol. The summed E-state index contributed by atoms with van der Waals surface area (Å²) in [4.78, 5) is 12.0. The minimum absolute atomic E-state index is 0.116. The van der Waals surface area contributed by atoms with E-state index >= 15 is 0 Å². The molecule has 0 aliphatic heterocycles. The van der Waals surface area contributed by atoms with Gasteiger partial charge in [-0.1, -0.05) is 36.4 Å². The van der Waals surface area contributed by atoms with Crippen LogP contribution < -0.4 is 11.1 Å². The summed E-state index contributed by atoms with van der Waals surface area (Å²) in [7, 11) is 0. The van der Waals surface area contributed by atoms with Gasteiger partial charge >= 0.3 is 0 Å². The lowest BCUT2D eigenvalue weighted by Gasteiger charge is -2.13. The second-order valence-electron chi connectivity index (χ2n) is 4.73. The molecule has 2 aromatic carbocycles. The lowest BCUT2D eigenvalue weighted by molar-refractivity contribution is 0.0951. The van der Waals surface area contributed by atoms with Gasteiger partial charge in [0.25, 0.3) is 5.91 Å². The summed E-state index contributed by atoms with van der Waals surface area (Å²) < 4.78 is 0. The van der Waals surface area contributed by atoms with Gasteiger partial charge < -0.3 is 16.2 Å². The first-order valence-corrected chi connectivity index (χ1v) is 6.46. The second-order valence-corrected chi connectivity index (χ2v) is 4.73. The number of nitrogens with two attached hydrogens (primary N) is 1. The zero-order valence-corrected chi connectivity index (χ0v) is 11.3. The molecule has 0 heterocycles. The topological polar surface area (TPSA) is 75.4 Å². The zero-order chi connectivity index (χ0) is 14.5. The highest BCUT2D eigenvalue weighted by atomic mass is 16.3. The van der Waals surface area contributed by atoms with Gasteiger partial charge in [-0.05, 0) is 30.2 Å². The fourth-order valence-corrected chi connectivity index (χ4v) is 1.87. The minimum atomic E-state index is -0.251. The van der Waals surface area contributed by atoms with E-state index in [1.54, 1.807) is 19.1 Å². The van der Waals surface area contributed by atoms with E-state index in [-0.39, 0.29) is 17.7 Å². The molecule has 20 heavy (non-hydrogen) atoms. The van der Waals surface area contributed by atoms with Crippen molar-refractivity contribution in [3.8, 4) is 5.75 Å². The molecule has 4 nitrogen and oxygen atoms in total. The molecule has 4 heteroatoms. The highest BCUT2D eigenvalue weighted by Gasteiger charge is 2.10. The van der Waals surface area contributed by atoms with Crippen molar-refractivity contribution >= 4 is 5.91 Å². The summed E-state index contributed by atoms with van der Waals surface area (Å²) in [5.74, 6) is -0.128. The molecule has 4 N–H and O–H groups in total. The molecular formula is C16H18N2O2. The van der Waals surface area contributed by atoms with E-state index in [4.69, 9.17) is 5.73 Å². The predicted octanol–water partition coefficient (Wildman–Crippen LogP) is 2.13. The van der Waals surface area contributed by atoms with Crippen molar-refractivity contribution in [3.05, 3.63) is 65.2 Å². The third-order valence-corrected chi connectivity index (χ3v) is 3.18. The Labute approximate surface area is 118 Å². The number of benzene rings is 2. The van der Waals surface area contributed by atoms with E-state index in [9.17, 15) is 9.90 Å². The van der Waals surface area contributed by atoms with Gasteiger partial charge in [0.15, 0.2) is 0 Å². The van der Waals surface area contributed by atoms with Crippen LogP contribution in [0.25, 0.3) is 0 Å². The number of hydrogen-bond donors (Lipinski definition) is 3. The molecule has 0 radical (unpaired) electrons. The second kappa shape index (κ2) is 6.21. The van der Waals surface area contributed by atoms with Crippen LogP contribution in [0.3, 0.4) is 0 Å². The predicted molar refractivity (Wildman–Crippen MR) is 78.5 cm³/mol. The normalized spacial score (nSPS) is 11.9. The summed E-state index contributed by atoms with van der Waals surface area (Å²) in [6, 6.07) is 14.2. The maximum atomic E-state index is 12.0. The van der Waals surface area contributed by atoms with Crippen LogP contribution in [-0.4, -0.2) is 17.6 Å². The van der Waals surface area contributed by atoms with Gasteiger partial charge in [0.05, 0.1) is 0 Å². The highest BCUT2D eigenvalue weighted by molar-refractivity contribution is 5.94. The summed E-state index contributed by atoms with van der Waals surface area (Å²) in [6.45, 7) is 2.12. The Morgan fingerprint density at radius 1 is 1.25 bits per heavy atom. The molecule has 0 aliphatic carbocycles. The van der Waals surface area contributed by atoms with Gasteiger partial charge in [-0.15, -0.1) is 0 Å². The van der Waals surface area contributed by atoms with Gasteiger partial charge in [-0.3, -0.25) is 4.79 Å². The Morgan fingerprint density at radius 2 is 1.95 bits per heavy atom. The maximum Gasteiger partial charge on any atom is 0.251 e. The van der Waals surface area contributed by atoms with Crippen LogP contribution in [0, 0.1) is 6.92 Å². The first kappa shape index (κ1) is 14.1. The quantitative estimate of drug-likeness (QED) is 0.796. The van der Waals surface area contributed by atoms with Crippen LogP contribution in [0.5, 0.6) is 5.75 Å². The zero-order valence-electron chi connectivity index (χ0n) is 11.3. The number of phenols is 1. The standard InChI is InChI=1S/C16H18N2O2/c1-11-7-8-13(9-15(11)19)16(20)18-10-14(17)12-5-3-2-4-6-12/h2-9,14,19H,10,17H2,1H3,(H,18,20). The van der Waals surface area contributed by atoms with Crippen LogP contribution >= 0.6 is 0 Å². The van der Waals surface area contributed by atoms with Crippen molar-refractivity contribution in [2.24, 2.45) is 5.73 Å². The molecule has 104 valence electrons. The van der Waals surface area contributed by atoms with Crippen molar-refractivity contribution < 1.29 is 9.90 Å². The van der Waals surface area contributed by atoms with Crippen molar-refractivity contribution in [3.63, 3.8) is 0 Å². The van der Waals surface area contributed by atoms with Crippen molar-refractivity contribution in [2.45, 2.75) is 13.0 Å². The van der Waals surface area contributed by atoms with Crippen molar-refractivity contribution in [1.82, 2.24) is 5.32 Å². The minimum Gasteiger partial charge on any atom is -0.508 e. The van der Waals surface area contributed by atoms with Crippen LogP contribution in [0.4, 0.5) is 0 Å². The number of carbonyl (C=O) groups is 1. The van der Waals surface area contributed by atoms with Gasteiger partial charge in [0, 0.05) is 18.2 Å². The molecule has 1 atom stereocenters. The number of aromatic hydroxyl groups is 1. The molecule has 0 aliphatic rings. The van der Waals surface area contributed by atoms with E-state index in [0.29, 0.717) is 12.1 Å². The van der Waals surface area contributed by atoms with Gasteiger partial charge in [-0.25, -0.2) is 0 Å². The van der Waals surface area contributed by atoms with Crippen molar-refractivity contribution in [2.75, 3.05) is 6.54 Å². The third-order valence-electron chi connectivity index (χ3n) is 3.18. The maximum absolute atomic E-state index is 12.0. The lowest BCUT2D eigenvalue weighted by Crippen LogP contribution is -2.31. The summed E-state index contributed by atoms with van der Waals surface area (Å²) in [5, 5.41) is 12.4. The van der Waals surface area contributed by atoms with E-state index in [1.807, 2.05) is 30.3 Å². The molecule has 0 bridgehead atoms. The first-order chi connectivity index (χ1) is 9.58. The monoisotopic (exact) mass is 270 g/mol. The number of phenolic OH excluding ortho intramolecular Hbond substituents is 1. The summed E-state index contributed by atoms with van der Waals surface area (Å²) >= 11 is 0. The molecule has 0 saturated heterocycles. The molecule has 1 amide bonds. The van der Waals surface area contributed by atoms with E-state index in [0.717, 1.165) is 11.1 Å². The van der Waals surface area contributed by atoms with E-state index in [1.165, 1.54) is 6.07 Å². The molecule has 1 unspecified atom stereocenters. The van der Waals surface area contributed by atoms with Gasteiger partial charge in [-0.2, -0.15) is 0 Å². The van der Waals surface area contributed by atoms with Crippen LogP contribution in [0.1, 0.15) is 27.5 Å². The van der Waals surface area contributed by atoms with Gasteiger partial charge in [0.1, 0.15) is 5.75 Å². The van der Waals surface area contributed by atoms with Gasteiger partial charge in [0.2, 0.25) is 0 Å². The van der Waals surface area contributed by atoms with E-state index in [2.05, 4.69) is 5.32 Å². The number of hydrogen-bond acceptors (Lipinski definition) is 3. The van der Waals surface area contributed by atoms with Crippen LogP contribution in [0.15, 0.2) is 48.5 Å². The molecule has 0 spiro atoms. The average Bonchev–Trinajstić information content (AvgIpc) is 2.48. The molecule has 0 saturated carbocycles. The number of rotatable bonds is 4. The number of nitrogens with one attached hydrogen (secondary N) is 1. The average molecular weight is 270 g/mol. The Kier molecular flexibility index (Phi) is 4.38. The van der Waals surface area contributed by atoms with Crippen LogP contribution in [-0.2, 0) is 0 Å². The van der Waals surface area contributed by atoms with Crippen LogP contribution in [0.2, 0.25) is 0 Å². The fourth-order valence-electron chi connectivity index (χ4n) is 1.87. The number of amides is 1.